The molecule has 1 aliphatic rings. The van der Waals surface area contributed by atoms with E-state index >= 15 is 0 Å². The Balaban J connectivity index is 2.03. The summed E-state index contributed by atoms with van der Waals surface area (Å²) in [6.07, 6.45) is 0.870. The van der Waals surface area contributed by atoms with Crippen LogP contribution in [-0.2, 0) is 6.42 Å². The van der Waals surface area contributed by atoms with Gasteiger partial charge in [0.1, 0.15) is 0 Å². The Labute approximate surface area is 116 Å². The van der Waals surface area contributed by atoms with Crippen molar-refractivity contribution in [2.45, 2.75) is 26.3 Å². The maximum Gasteiger partial charge on any atom is 0.259 e. The molecule has 0 spiro atoms. The van der Waals surface area contributed by atoms with Crippen LogP contribution < -0.4 is 10.6 Å². The van der Waals surface area contributed by atoms with Crippen LogP contribution in [0.5, 0.6) is 0 Å². The van der Waals surface area contributed by atoms with Gasteiger partial charge in [0.05, 0.1) is 5.56 Å². The molecule has 1 aromatic carbocycles. The van der Waals surface area contributed by atoms with Crippen molar-refractivity contribution >= 4 is 28.6 Å². The number of nitrogens with two attached hydrogens (primary N) is 1. The molecule has 4 heteroatoms. The Bertz CT molecular complexity index is 647. The molecule has 3 rings (SSSR count). The maximum absolute atomic E-state index is 12.7. The fourth-order valence-electron chi connectivity index (χ4n) is 2.67. The first-order valence-electron chi connectivity index (χ1n) is 6.32. The predicted molar refractivity (Wildman–Crippen MR) is 79.9 cm³/mol. The predicted octanol–water partition coefficient (Wildman–Crippen LogP) is 3.23. The van der Waals surface area contributed by atoms with Gasteiger partial charge in [0, 0.05) is 22.8 Å². The van der Waals surface area contributed by atoms with E-state index in [1.165, 1.54) is 0 Å². The van der Waals surface area contributed by atoms with Crippen LogP contribution in [-0.4, -0.2) is 11.9 Å². The van der Waals surface area contributed by atoms with Gasteiger partial charge >= 0.3 is 0 Å². The second kappa shape index (κ2) is 4.38. The number of benzene rings is 1. The van der Waals surface area contributed by atoms with E-state index in [0.29, 0.717) is 0 Å². The highest BCUT2D eigenvalue weighted by Crippen LogP contribution is 2.35. The summed E-state index contributed by atoms with van der Waals surface area (Å²) in [5.41, 5.74) is 10.6. The molecule has 2 heterocycles. The van der Waals surface area contributed by atoms with Gasteiger partial charge in [-0.2, -0.15) is 11.3 Å². The summed E-state index contributed by atoms with van der Waals surface area (Å²) in [6.45, 7) is 4.06. The van der Waals surface area contributed by atoms with Crippen LogP contribution in [0.1, 0.15) is 28.4 Å². The molecule has 2 aromatic rings. The quantitative estimate of drug-likeness (QED) is 0.810. The lowest BCUT2D eigenvalue weighted by molar-refractivity contribution is 0.0981. The van der Waals surface area contributed by atoms with E-state index in [0.717, 1.165) is 34.5 Å². The zero-order chi connectivity index (χ0) is 13.6. The topological polar surface area (TPSA) is 46.3 Å². The normalized spacial score (nSPS) is 17.6. The number of anilines is 2. The average molecular weight is 272 g/mol. The lowest BCUT2D eigenvalue weighted by Crippen LogP contribution is -2.35. The molecule has 3 nitrogen and oxygen atoms in total. The zero-order valence-electron chi connectivity index (χ0n) is 11.0. The van der Waals surface area contributed by atoms with Gasteiger partial charge in [0.25, 0.3) is 5.91 Å². The second-order valence-electron chi connectivity index (χ2n) is 5.08. The van der Waals surface area contributed by atoms with Gasteiger partial charge in [0.15, 0.2) is 0 Å². The number of amides is 1. The van der Waals surface area contributed by atoms with Crippen LogP contribution in [0, 0.1) is 6.92 Å². The molecule has 1 aromatic heterocycles. The monoisotopic (exact) mass is 272 g/mol. The number of hydrogen-bond donors (Lipinski definition) is 1. The van der Waals surface area contributed by atoms with Crippen LogP contribution in [0.4, 0.5) is 11.4 Å². The van der Waals surface area contributed by atoms with E-state index in [9.17, 15) is 4.79 Å². The van der Waals surface area contributed by atoms with Crippen LogP contribution >= 0.6 is 11.3 Å². The van der Waals surface area contributed by atoms with Gasteiger partial charge in [-0.3, -0.25) is 4.79 Å². The third-order valence-electron chi connectivity index (χ3n) is 3.62. The van der Waals surface area contributed by atoms with E-state index < -0.39 is 0 Å². The van der Waals surface area contributed by atoms with E-state index in [1.807, 2.05) is 40.8 Å². The summed E-state index contributed by atoms with van der Waals surface area (Å²) in [5.74, 6) is 0.0924. The highest BCUT2D eigenvalue weighted by molar-refractivity contribution is 7.08. The van der Waals surface area contributed by atoms with Crippen LogP contribution in [0.2, 0.25) is 0 Å². The number of nitrogen functional groups attached to an aromatic ring is 1. The van der Waals surface area contributed by atoms with E-state index in [-0.39, 0.29) is 11.9 Å². The Morgan fingerprint density at radius 2 is 2.21 bits per heavy atom. The lowest BCUT2D eigenvalue weighted by Gasteiger charge is -2.22. The van der Waals surface area contributed by atoms with Crippen molar-refractivity contribution < 1.29 is 4.79 Å². The zero-order valence-corrected chi connectivity index (χ0v) is 11.8. The van der Waals surface area contributed by atoms with Crippen molar-refractivity contribution in [3.05, 3.63) is 45.6 Å². The van der Waals surface area contributed by atoms with Crippen molar-refractivity contribution in [3.8, 4) is 0 Å². The number of nitrogens with zero attached hydrogens (tertiary/aromatic N) is 1. The van der Waals surface area contributed by atoms with Gasteiger partial charge in [-0.15, -0.1) is 0 Å². The minimum atomic E-state index is 0.0924. The first kappa shape index (κ1) is 12.2. The average Bonchev–Trinajstić information content (AvgIpc) is 2.90. The number of carbonyl (C=O) groups is 1. The third kappa shape index (κ3) is 1.92. The molecule has 0 bridgehead atoms. The molecule has 0 saturated carbocycles. The molecule has 2 N–H and O–H groups in total. The first-order valence-corrected chi connectivity index (χ1v) is 7.27. The molecule has 98 valence electrons. The molecule has 0 aliphatic carbocycles. The molecule has 1 unspecified atom stereocenters. The smallest absolute Gasteiger partial charge is 0.259 e. The molecular formula is C15H16N2OS. The molecule has 0 saturated heterocycles. The number of rotatable bonds is 1. The Kier molecular flexibility index (Phi) is 2.82. The molecular weight excluding hydrogens is 256 g/mol. The number of fused-ring (bicyclic) bond motifs is 1. The molecule has 1 atom stereocenters. The van der Waals surface area contributed by atoms with Crippen LogP contribution in [0.25, 0.3) is 0 Å². The standard InChI is InChI=1S/C15H16N2OS/c1-9-7-19-8-13(9)15(18)17-10(2)5-11-6-12(16)3-4-14(11)17/h3-4,6-8,10H,5,16H2,1-2H3. The fraction of sp³-hybridized carbons (Fsp3) is 0.267. The number of carbonyl (C=O) groups excluding carboxylic acids is 1. The van der Waals surface area contributed by atoms with Crippen molar-refractivity contribution in [1.29, 1.82) is 0 Å². The lowest BCUT2D eigenvalue weighted by atomic mass is 10.1. The number of hydrogen-bond acceptors (Lipinski definition) is 3. The molecule has 0 fully saturated rings. The number of aryl methyl sites for hydroxylation is 1. The Morgan fingerprint density at radius 3 is 2.89 bits per heavy atom. The van der Waals surface area contributed by atoms with E-state index in [2.05, 4.69) is 6.92 Å². The van der Waals surface area contributed by atoms with Crippen molar-refractivity contribution in [3.63, 3.8) is 0 Å². The minimum Gasteiger partial charge on any atom is -0.399 e. The molecule has 0 radical (unpaired) electrons. The van der Waals surface area contributed by atoms with Gasteiger partial charge in [0.2, 0.25) is 0 Å². The summed E-state index contributed by atoms with van der Waals surface area (Å²) in [4.78, 5) is 14.6. The van der Waals surface area contributed by atoms with E-state index in [1.54, 1.807) is 11.3 Å². The van der Waals surface area contributed by atoms with Crippen molar-refractivity contribution in [2.24, 2.45) is 0 Å². The van der Waals surface area contributed by atoms with Gasteiger partial charge in [-0.1, -0.05) is 0 Å². The second-order valence-corrected chi connectivity index (χ2v) is 5.83. The van der Waals surface area contributed by atoms with Gasteiger partial charge in [-0.25, -0.2) is 0 Å². The van der Waals surface area contributed by atoms with E-state index in [4.69, 9.17) is 5.73 Å². The highest BCUT2D eigenvalue weighted by Gasteiger charge is 2.32. The highest BCUT2D eigenvalue weighted by atomic mass is 32.1. The van der Waals surface area contributed by atoms with Crippen molar-refractivity contribution in [1.82, 2.24) is 0 Å². The first-order chi connectivity index (χ1) is 9.08. The summed E-state index contributed by atoms with van der Waals surface area (Å²) in [6, 6.07) is 5.97. The van der Waals surface area contributed by atoms with Crippen molar-refractivity contribution in [2.75, 3.05) is 10.6 Å². The fourth-order valence-corrected chi connectivity index (χ4v) is 3.49. The molecule has 19 heavy (non-hydrogen) atoms. The Hall–Kier alpha value is -1.81. The molecule has 1 amide bonds. The third-order valence-corrected chi connectivity index (χ3v) is 4.49. The largest absolute Gasteiger partial charge is 0.399 e. The maximum atomic E-state index is 12.7. The summed E-state index contributed by atoms with van der Waals surface area (Å²) >= 11 is 1.57. The van der Waals surface area contributed by atoms with Crippen LogP contribution in [0.3, 0.4) is 0 Å². The number of thiophene rings is 1. The van der Waals surface area contributed by atoms with Gasteiger partial charge < -0.3 is 10.6 Å². The minimum absolute atomic E-state index is 0.0924. The Morgan fingerprint density at radius 1 is 1.42 bits per heavy atom. The van der Waals surface area contributed by atoms with Crippen LogP contribution in [0.15, 0.2) is 29.0 Å². The summed E-state index contributed by atoms with van der Waals surface area (Å²) in [7, 11) is 0. The summed E-state index contributed by atoms with van der Waals surface area (Å²) in [5, 5.41) is 3.94. The molecule has 1 aliphatic heterocycles. The van der Waals surface area contributed by atoms with Gasteiger partial charge in [-0.05, 0) is 55.0 Å². The SMILES string of the molecule is Cc1cscc1C(=O)N1c2ccc(N)cc2CC1C. The summed E-state index contributed by atoms with van der Waals surface area (Å²) < 4.78 is 0.